The zero-order valence-corrected chi connectivity index (χ0v) is 12.2. The molecule has 0 atom stereocenters. The summed E-state index contributed by atoms with van der Waals surface area (Å²) in [6.07, 6.45) is 3.68. The molecule has 0 radical (unpaired) electrons. The van der Waals surface area contributed by atoms with Crippen LogP contribution in [0.25, 0.3) is 0 Å². The van der Waals surface area contributed by atoms with Gasteiger partial charge in [0.25, 0.3) is 0 Å². The lowest BCUT2D eigenvalue weighted by Crippen LogP contribution is -2.14. The minimum atomic E-state index is -0.484. The summed E-state index contributed by atoms with van der Waals surface area (Å²) in [6.45, 7) is 0.244. The zero-order valence-electron chi connectivity index (χ0n) is 12.2. The molecule has 0 fully saturated rings. The van der Waals surface area contributed by atoms with Gasteiger partial charge >= 0.3 is 6.09 Å². The van der Waals surface area contributed by atoms with Crippen LogP contribution in [0.15, 0.2) is 66.7 Å². The molecule has 0 bridgehead atoms. The molecule has 0 saturated heterocycles. The number of aliphatic hydroxyl groups is 1. The van der Waals surface area contributed by atoms with Crippen LogP contribution in [0.4, 0.5) is 10.5 Å². The Hall–Kier alpha value is -2.59. The molecule has 0 aliphatic carbocycles. The van der Waals surface area contributed by atoms with Crippen LogP contribution in [-0.2, 0) is 17.8 Å². The van der Waals surface area contributed by atoms with E-state index >= 15 is 0 Å². The highest BCUT2D eigenvalue weighted by Gasteiger charge is 2.06. The molecule has 2 rings (SSSR count). The van der Waals surface area contributed by atoms with Crippen molar-refractivity contribution in [1.29, 1.82) is 0 Å². The maximum absolute atomic E-state index is 11.9. The van der Waals surface area contributed by atoms with Gasteiger partial charge in [-0.1, -0.05) is 60.7 Å². The molecule has 1 amide bonds. The lowest BCUT2D eigenvalue weighted by atomic mass is 10.1. The number of ether oxygens (including phenoxy) is 1. The first-order chi connectivity index (χ1) is 10.8. The van der Waals surface area contributed by atoms with Crippen molar-refractivity contribution in [3.63, 3.8) is 0 Å². The molecule has 22 heavy (non-hydrogen) atoms. The Morgan fingerprint density at radius 3 is 2.55 bits per heavy atom. The fourth-order valence-corrected chi connectivity index (χ4v) is 1.97. The summed E-state index contributed by atoms with van der Waals surface area (Å²) in [7, 11) is 0. The van der Waals surface area contributed by atoms with Crippen molar-refractivity contribution >= 4 is 11.8 Å². The lowest BCUT2D eigenvalue weighted by molar-refractivity contribution is 0.155. The van der Waals surface area contributed by atoms with E-state index in [9.17, 15) is 4.79 Å². The number of para-hydroxylation sites is 1. The molecule has 114 valence electrons. The number of amides is 1. The van der Waals surface area contributed by atoms with E-state index in [1.807, 2.05) is 60.7 Å². The molecule has 0 aromatic heterocycles. The minimum Gasteiger partial charge on any atom is -0.444 e. The molecular weight excluding hydrogens is 278 g/mol. The van der Waals surface area contributed by atoms with E-state index in [0.717, 1.165) is 11.1 Å². The van der Waals surface area contributed by atoms with E-state index in [1.165, 1.54) is 0 Å². The van der Waals surface area contributed by atoms with Gasteiger partial charge in [0.05, 0.1) is 6.61 Å². The van der Waals surface area contributed by atoms with E-state index in [4.69, 9.17) is 9.84 Å². The fraction of sp³-hybridized carbons (Fsp3) is 0.167. The third kappa shape index (κ3) is 5.07. The first-order valence-corrected chi connectivity index (χ1v) is 7.11. The van der Waals surface area contributed by atoms with Gasteiger partial charge in [-0.3, -0.25) is 5.32 Å². The van der Waals surface area contributed by atoms with Gasteiger partial charge in [-0.25, -0.2) is 4.79 Å². The number of carbonyl (C=O) groups is 1. The number of hydrogen-bond acceptors (Lipinski definition) is 3. The number of nitrogens with one attached hydrogen (secondary N) is 1. The molecule has 0 spiro atoms. The van der Waals surface area contributed by atoms with Crippen molar-refractivity contribution < 1.29 is 14.6 Å². The highest BCUT2D eigenvalue weighted by Crippen LogP contribution is 2.16. The van der Waals surface area contributed by atoms with Crippen molar-refractivity contribution in [2.75, 3.05) is 11.9 Å². The second kappa shape index (κ2) is 8.64. The standard InChI is InChI=1S/C18H19NO3/c20-13-7-6-11-16-10-4-5-12-17(16)19-18(21)22-14-15-8-2-1-3-9-15/h1-10,12,20H,11,13-14H2,(H,19,21)/b7-6-. The summed E-state index contributed by atoms with van der Waals surface area (Å²) >= 11 is 0. The summed E-state index contributed by atoms with van der Waals surface area (Å²) in [6, 6.07) is 17.0. The number of hydrogen-bond donors (Lipinski definition) is 2. The average molecular weight is 297 g/mol. The fourth-order valence-electron chi connectivity index (χ4n) is 1.97. The summed E-state index contributed by atoms with van der Waals surface area (Å²) in [5, 5.41) is 11.5. The second-order valence-electron chi connectivity index (χ2n) is 4.70. The van der Waals surface area contributed by atoms with Gasteiger partial charge in [-0.2, -0.15) is 0 Å². The quantitative estimate of drug-likeness (QED) is 0.802. The summed E-state index contributed by atoms with van der Waals surface area (Å²) < 4.78 is 5.20. The molecule has 0 saturated carbocycles. The molecule has 0 heterocycles. The first kappa shape index (κ1) is 15.8. The van der Waals surface area contributed by atoms with E-state index in [-0.39, 0.29) is 13.2 Å². The van der Waals surface area contributed by atoms with Crippen LogP contribution < -0.4 is 5.32 Å². The van der Waals surface area contributed by atoms with Gasteiger partial charge in [0, 0.05) is 5.69 Å². The predicted octanol–water partition coefficient (Wildman–Crippen LogP) is 3.53. The van der Waals surface area contributed by atoms with Gasteiger partial charge in [-0.15, -0.1) is 0 Å². The Kier molecular flexibility index (Phi) is 6.20. The van der Waals surface area contributed by atoms with Crippen LogP contribution in [0.1, 0.15) is 11.1 Å². The van der Waals surface area contributed by atoms with Gasteiger partial charge in [-0.05, 0) is 23.6 Å². The van der Waals surface area contributed by atoms with Crippen LogP contribution in [0.2, 0.25) is 0 Å². The number of aliphatic hydroxyl groups excluding tert-OH is 1. The van der Waals surface area contributed by atoms with Crippen LogP contribution >= 0.6 is 0 Å². The Morgan fingerprint density at radius 1 is 1.05 bits per heavy atom. The van der Waals surface area contributed by atoms with Crippen molar-refractivity contribution in [3.8, 4) is 0 Å². The minimum absolute atomic E-state index is 0.00864. The molecule has 4 nitrogen and oxygen atoms in total. The maximum atomic E-state index is 11.9. The Labute approximate surface area is 130 Å². The van der Waals surface area contributed by atoms with E-state index in [0.29, 0.717) is 12.1 Å². The average Bonchev–Trinajstić information content (AvgIpc) is 2.56. The molecule has 0 aliphatic rings. The molecule has 4 heteroatoms. The summed E-state index contributed by atoms with van der Waals surface area (Å²) in [4.78, 5) is 11.9. The predicted molar refractivity (Wildman–Crippen MR) is 86.6 cm³/mol. The molecule has 0 unspecified atom stereocenters. The highest BCUT2D eigenvalue weighted by atomic mass is 16.5. The van der Waals surface area contributed by atoms with Crippen LogP contribution in [0.3, 0.4) is 0 Å². The van der Waals surface area contributed by atoms with Crippen molar-refractivity contribution in [2.45, 2.75) is 13.0 Å². The summed E-state index contributed by atoms with van der Waals surface area (Å²) in [5.41, 5.74) is 2.61. The molecular formula is C18H19NO3. The number of benzene rings is 2. The van der Waals surface area contributed by atoms with Crippen molar-refractivity contribution in [3.05, 3.63) is 77.9 Å². The van der Waals surface area contributed by atoms with Gasteiger partial charge in [0.15, 0.2) is 0 Å². The second-order valence-corrected chi connectivity index (χ2v) is 4.70. The lowest BCUT2D eigenvalue weighted by Gasteiger charge is -2.10. The zero-order chi connectivity index (χ0) is 15.6. The highest BCUT2D eigenvalue weighted by molar-refractivity contribution is 5.85. The number of rotatable bonds is 6. The number of anilines is 1. The monoisotopic (exact) mass is 297 g/mol. The third-order valence-electron chi connectivity index (χ3n) is 3.08. The molecule has 2 N–H and O–H groups in total. The Balaban J connectivity index is 1.92. The van der Waals surface area contributed by atoms with Crippen LogP contribution in [0.5, 0.6) is 0 Å². The number of carbonyl (C=O) groups excluding carboxylic acids is 1. The third-order valence-corrected chi connectivity index (χ3v) is 3.08. The van der Waals surface area contributed by atoms with E-state index < -0.39 is 6.09 Å². The molecule has 0 aliphatic heterocycles. The van der Waals surface area contributed by atoms with Gasteiger partial charge in [0.1, 0.15) is 6.61 Å². The smallest absolute Gasteiger partial charge is 0.411 e. The molecule has 2 aromatic carbocycles. The Bertz CT molecular complexity index is 623. The summed E-state index contributed by atoms with van der Waals surface area (Å²) in [5.74, 6) is 0. The first-order valence-electron chi connectivity index (χ1n) is 7.11. The SMILES string of the molecule is O=C(Nc1ccccc1C/C=C\CO)OCc1ccccc1. The largest absolute Gasteiger partial charge is 0.444 e. The van der Waals surface area contributed by atoms with E-state index in [2.05, 4.69) is 5.32 Å². The van der Waals surface area contributed by atoms with E-state index in [1.54, 1.807) is 6.08 Å². The Morgan fingerprint density at radius 2 is 1.77 bits per heavy atom. The van der Waals surface area contributed by atoms with Crippen LogP contribution in [0, 0.1) is 0 Å². The maximum Gasteiger partial charge on any atom is 0.411 e. The van der Waals surface area contributed by atoms with Crippen molar-refractivity contribution in [1.82, 2.24) is 0 Å². The molecule has 2 aromatic rings. The normalized spacial score (nSPS) is 10.6. The van der Waals surface area contributed by atoms with Crippen molar-refractivity contribution in [2.24, 2.45) is 0 Å². The van der Waals surface area contributed by atoms with Gasteiger partial charge < -0.3 is 9.84 Å². The van der Waals surface area contributed by atoms with Crippen LogP contribution in [-0.4, -0.2) is 17.8 Å². The number of allylic oxidation sites excluding steroid dienone is 1. The topological polar surface area (TPSA) is 58.6 Å². The van der Waals surface area contributed by atoms with Gasteiger partial charge in [0.2, 0.25) is 0 Å².